The summed E-state index contributed by atoms with van der Waals surface area (Å²) in [4.78, 5) is 28.0. The molecule has 3 nitrogen and oxygen atoms in total. The molecule has 0 bridgehead atoms. The van der Waals surface area contributed by atoms with E-state index in [1.54, 1.807) is 0 Å². The van der Waals surface area contributed by atoms with Crippen molar-refractivity contribution in [1.29, 1.82) is 0 Å². The summed E-state index contributed by atoms with van der Waals surface area (Å²) in [6.07, 6.45) is 9.38. The van der Waals surface area contributed by atoms with Crippen molar-refractivity contribution >= 4 is 11.7 Å². The number of carbonyl (C=O) groups is 2. The van der Waals surface area contributed by atoms with E-state index in [0.29, 0.717) is 23.7 Å². The van der Waals surface area contributed by atoms with E-state index in [1.165, 1.54) is 12.0 Å². The van der Waals surface area contributed by atoms with Gasteiger partial charge in [0.25, 0.3) is 0 Å². The summed E-state index contributed by atoms with van der Waals surface area (Å²) >= 11 is 0. The zero-order valence-electron chi connectivity index (χ0n) is 19.7. The van der Waals surface area contributed by atoms with Crippen molar-refractivity contribution in [3.05, 3.63) is 23.8 Å². The fourth-order valence-corrected chi connectivity index (χ4v) is 9.23. The van der Waals surface area contributed by atoms with E-state index >= 15 is 0 Å². The Labute approximate surface area is 182 Å². The van der Waals surface area contributed by atoms with Crippen LogP contribution in [0.3, 0.4) is 0 Å². The molecule has 5 rings (SSSR count). The van der Waals surface area contributed by atoms with Gasteiger partial charge in [0, 0.05) is 23.8 Å². The Morgan fingerprint density at radius 3 is 2.43 bits per heavy atom. The maximum atomic E-state index is 14.2. The van der Waals surface area contributed by atoms with E-state index in [9.17, 15) is 9.59 Å². The number of amides is 1. The van der Waals surface area contributed by atoms with Crippen molar-refractivity contribution in [1.82, 2.24) is 5.32 Å². The molecule has 30 heavy (non-hydrogen) atoms. The van der Waals surface area contributed by atoms with Gasteiger partial charge in [0.1, 0.15) is 5.41 Å². The highest BCUT2D eigenvalue weighted by atomic mass is 16.2. The molecule has 0 aromatic carbocycles. The van der Waals surface area contributed by atoms with Crippen LogP contribution in [0, 0.1) is 64.1 Å². The molecule has 0 aromatic rings. The number of fused-ring (bicyclic) bond motifs is 4. The first-order valence-electron chi connectivity index (χ1n) is 12.3. The SMILES string of the molecule is CC1=C[C@@H]2[C@@H]3[C@@H](C=C[C@H]4[C@@H](C)C[C@@H](C)C[C@@]34C)C(=O)[C@@]23C(=O)N[C@H](C(C)C)[C@H]3[C@@H]1C. The maximum Gasteiger partial charge on any atom is 0.234 e. The minimum Gasteiger partial charge on any atom is -0.352 e. The molecule has 1 aliphatic heterocycles. The number of ketones is 1. The average Bonchev–Trinajstić information content (AvgIpc) is 3.10. The lowest BCUT2D eigenvalue weighted by Gasteiger charge is -2.55. The largest absolute Gasteiger partial charge is 0.352 e. The number of carbonyl (C=O) groups excluding carboxylic acids is 2. The Hall–Kier alpha value is -1.38. The van der Waals surface area contributed by atoms with Crippen LogP contribution in [0.25, 0.3) is 0 Å². The van der Waals surface area contributed by atoms with Crippen molar-refractivity contribution in [3.63, 3.8) is 0 Å². The molecular formula is C27H39NO2. The van der Waals surface area contributed by atoms with Crippen LogP contribution in [-0.4, -0.2) is 17.7 Å². The van der Waals surface area contributed by atoms with Gasteiger partial charge >= 0.3 is 0 Å². The third kappa shape index (κ3) is 2.22. The van der Waals surface area contributed by atoms with Gasteiger partial charge in [0.05, 0.1) is 0 Å². The molecule has 11 atom stereocenters. The van der Waals surface area contributed by atoms with Gasteiger partial charge in [0.2, 0.25) is 5.91 Å². The number of allylic oxidation sites excluding steroid dienone is 4. The number of hydrogen-bond acceptors (Lipinski definition) is 2. The lowest BCUT2D eigenvalue weighted by molar-refractivity contribution is -0.143. The zero-order chi connectivity index (χ0) is 21.7. The predicted octanol–water partition coefficient (Wildman–Crippen LogP) is 5.03. The first-order valence-corrected chi connectivity index (χ1v) is 12.3. The topological polar surface area (TPSA) is 46.2 Å². The molecule has 1 spiro atoms. The van der Waals surface area contributed by atoms with Gasteiger partial charge in [-0.25, -0.2) is 0 Å². The maximum absolute atomic E-state index is 14.2. The molecule has 0 unspecified atom stereocenters. The molecule has 5 aliphatic rings. The van der Waals surface area contributed by atoms with Gasteiger partial charge in [-0.1, -0.05) is 65.3 Å². The van der Waals surface area contributed by atoms with Gasteiger partial charge in [-0.05, 0) is 60.7 Å². The van der Waals surface area contributed by atoms with Gasteiger partial charge in [-0.2, -0.15) is 0 Å². The number of Topliss-reactive ketones (excluding diaryl/α,β-unsaturated/α-hetero) is 1. The predicted molar refractivity (Wildman–Crippen MR) is 119 cm³/mol. The van der Waals surface area contributed by atoms with Crippen LogP contribution < -0.4 is 5.32 Å². The third-order valence-electron chi connectivity index (χ3n) is 10.2. The Morgan fingerprint density at radius 2 is 1.77 bits per heavy atom. The second-order valence-corrected chi connectivity index (χ2v) is 12.2. The minimum absolute atomic E-state index is 0.0247. The second kappa shape index (κ2) is 6.33. The molecule has 0 aromatic heterocycles. The van der Waals surface area contributed by atoms with Gasteiger partial charge in [0.15, 0.2) is 5.78 Å². The Balaban J connectivity index is 1.72. The summed E-state index contributed by atoms with van der Waals surface area (Å²) < 4.78 is 0. The zero-order valence-corrected chi connectivity index (χ0v) is 19.7. The molecule has 4 aliphatic carbocycles. The van der Waals surface area contributed by atoms with Crippen LogP contribution in [0.1, 0.15) is 61.3 Å². The van der Waals surface area contributed by atoms with E-state index in [4.69, 9.17) is 0 Å². The average molecular weight is 410 g/mol. The number of nitrogens with one attached hydrogen (secondary N) is 1. The highest BCUT2D eigenvalue weighted by Crippen LogP contribution is 2.69. The number of hydrogen-bond donors (Lipinski definition) is 1. The quantitative estimate of drug-likeness (QED) is 0.488. The standard InChI is InChI=1S/C27H39NO2/c1-13(2)23-21-17(6)15(4)11-20-22-18(24(29)27(20,21)25(30)28-23)8-9-19-16(5)10-14(3)12-26(19,22)7/h8-9,11,13-14,16-23H,10,12H2,1-7H3,(H,28,30)/t14-,16+,17-,18-,19+,20-,21-,22+,23-,26-,27-/m1/s1. The highest BCUT2D eigenvalue weighted by Gasteiger charge is 2.75. The van der Waals surface area contributed by atoms with Crippen LogP contribution in [0.2, 0.25) is 0 Å². The van der Waals surface area contributed by atoms with Gasteiger partial charge < -0.3 is 5.32 Å². The van der Waals surface area contributed by atoms with E-state index in [-0.39, 0.29) is 52.7 Å². The molecule has 2 saturated carbocycles. The fourth-order valence-electron chi connectivity index (χ4n) is 9.23. The lowest BCUT2D eigenvalue weighted by atomic mass is 9.48. The van der Waals surface area contributed by atoms with E-state index < -0.39 is 5.41 Å². The Morgan fingerprint density at radius 1 is 1.07 bits per heavy atom. The Bertz CT molecular complexity index is 855. The second-order valence-electron chi connectivity index (χ2n) is 12.2. The van der Waals surface area contributed by atoms with Crippen molar-refractivity contribution in [3.8, 4) is 0 Å². The Kier molecular flexibility index (Phi) is 4.33. The molecule has 0 radical (unpaired) electrons. The van der Waals surface area contributed by atoms with Crippen molar-refractivity contribution in [2.45, 2.75) is 67.3 Å². The summed E-state index contributed by atoms with van der Waals surface area (Å²) in [5.41, 5.74) is 0.594. The van der Waals surface area contributed by atoms with E-state index in [1.807, 2.05) is 0 Å². The molecule has 1 heterocycles. The third-order valence-corrected chi connectivity index (χ3v) is 10.2. The molecule has 1 amide bonds. The van der Waals surface area contributed by atoms with E-state index in [2.05, 4.69) is 72.0 Å². The summed E-state index contributed by atoms with van der Waals surface area (Å²) in [5, 5.41) is 3.33. The fraction of sp³-hybridized carbons (Fsp3) is 0.778. The first-order chi connectivity index (χ1) is 14.0. The molecular weight excluding hydrogens is 370 g/mol. The lowest BCUT2D eigenvalue weighted by Crippen LogP contribution is -2.52. The monoisotopic (exact) mass is 409 g/mol. The highest BCUT2D eigenvalue weighted by molar-refractivity contribution is 6.12. The van der Waals surface area contributed by atoms with E-state index in [0.717, 1.165) is 6.42 Å². The van der Waals surface area contributed by atoms with Crippen LogP contribution in [0.4, 0.5) is 0 Å². The smallest absolute Gasteiger partial charge is 0.234 e. The van der Waals surface area contributed by atoms with Gasteiger partial charge in [-0.3, -0.25) is 9.59 Å². The van der Waals surface area contributed by atoms with Crippen LogP contribution in [0.5, 0.6) is 0 Å². The molecule has 164 valence electrons. The summed E-state index contributed by atoms with van der Waals surface area (Å²) in [5.74, 6) is 2.89. The normalized spacial score (nSPS) is 54.3. The van der Waals surface area contributed by atoms with Crippen molar-refractivity contribution < 1.29 is 9.59 Å². The van der Waals surface area contributed by atoms with Crippen molar-refractivity contribution in [2.75, 3.05) is 0 Å². The number of rotatable bonds is 1. The molecule has 1 N–H and O–H groups in total. The molecule has 3 fully saturated rings. The molecule has 3 heteroatoms. The molecule has 1 saturated heterocycles. The summed E-state index contributed by atoms with van der Waals surface area (Å²) in [7, 11) is 0. The van der Waals surface area contributed by atoms with Crippen LogP contribution in [0.15, 0.2) is 23.8 Å². The minimum atomic E-state index is -0.866. The summed E-state index contributed by atoms with van der Waals surface area (Å²) in [6.45, 7) is 16.1. The van der Waals surface area contributed by atoms with Crippen LogP contribution >= 0.6 is 0 Å². The first kappa shape index (κ1) is 20.5. The van der Waals surface area contributed by atoms with Gasteiger partial charge in [-0.15, -0.1) is 0 Å². The summed E-state index contributed by atoms with van der Waals surface area (Å²) in [6, 6.07) is 0.0829. The van der Waals surface area contributed by atoms with Crippen molar-refractivity contribution in [2.24, 2.45) is 64.1 Å². The van der Waals surface area contributed by atoms with Crippen LogP contribution in [-0.2, 0) is 9.59 Å².